The quantitative estimate of drug-likeness (QED) is 0.819. The van der Waals surface area contributed by atoms with Crippen LogP contribution in [0.3, 0.4) is 0 Å². The Morgan fingerprint density at radius 1 is 1.25 bits per heavy atom. The minimum Gasteiger partial charge on any atom is -0.324 e. The summed E-state index contributed by atoms with van der Waals surface area (Å²) in [6, 6.07) is 7.83. The van der Waals surface area contributed by atoms with E-state index < -0.39 is 13.4 Å². The number of nitrogens with one attached hydrogen (secondary N) is 1. The van der Waals surface area contributed by atoms with Gasteiger partial charge in [-0.3, -0.25) is 4.57 Å². The second kappa shape index (κ2) is 7.39. The van der Waals surface area contributed by atoms with E-state index in [9.17, 15) is 4.57 Å². The SMILES string of the molecule is COP(=O)(OC)[C@@H](/C=C(\Cl)c1ccc(C)cc1)[NH+](C)C. The van der Waals surface area contributed by atoms with E-state index in [1.807, 2.05) is 45.3 Å². The first-order valence-corrected chi connectivity index (χ1v) is 8.28. The van der Waals surface area contributed by atoms with E-state index in [-0.39, 0.29) is 0 Å². The van der Waals surface area contributed by atoms with E-state index in [1.54, 1.807) is 6.08 Å². The predicted octanol–water partition coefficient (Wildman–Crippen LogP) is 2.53. The number of benzene rings is 1. The van der Waals surface area contributed by atoms with Crippen LogP contribution in [0.1, 0.15) is 11.1 Å². The highest BCUT2D eigenvalue weighted by atomic mass is 35.5. The molecule has 0 bridgehead atoms. The highest BCUT2D eigenvalue weighted by molar-refractivity contribution is 7.54. The van der Waals surface area contributed by atoms with Crippen LogP contribution in [-0.2, 0) is 13.6 Å². The number of rotatable bonds is 6. The summed E-state index contributed by atoms with van der Waals surface area (Å²) in [6.45, 7) is 2.01. The van der Waals surface area contributed by atoms with Crippen LogP contribution in [0, 0.1) is 6.92 Å². The summed E-state index contributed by atoms with van der Waals surface area (Å²) in [7, 11) is 3.30. The zero-order chi connectivity index (χ0) is 15.3. The van der Waals surface area contributed by atoms with Crippen molar-refractivity contribution in [3.63, 3.8) is 0 Å². The van der Waals surface area contributed by atoms with Gasteiger partial charge >= 0.3 is 7.60 Å². The lowest BCUT2D eigenvalue weighted by Crippen LogP contribution is -3.09. The van der Waals surface area contributed by atoms with Gasteiger partial charge in [0.2, 0.25) is 5.78 Å². The van der Waals surface area contributed by atoms with E-state index in [0.29, 0.717) is 5.03 Å². The molecule has 0 radical (unpaired) electrons. The lowest BCUT2D eigenvalue weighted by Gasteiger charge is -2.24. The Kier molecular flexibility index (Phi) is 6.44. The smallest absolute Gasteiger partial charge is 0.324 e. The van der Waals surface area contributed by atoms with Crippen molar-refractivity contribution < 1.29 is 18.5 Å². The maximum absolute atomic E-state index is 12.5. The predicted molar refractivity (Wildman–Crippen MR) is 83.2 cm³/mol. The van der Waals surface area contributed by atoms with Crippen molar-refractivity contribution in [2.45, 2.75) is 12.7 Å². The third-order valence-corrected chi connectivity index (χ3v) is 5.78. The van der Waals surface area contributed by atoms with Crippen molar-refractivity contribution >= 4 is 24.2 Å². The van der Waals surface area contributed by atoms with E-state index >= 15 is 0 Å². The number of quaternary nitrogens is 1. The maximum atomic E-state index is 12.5. The minimum absolute atomic E-state index is 0.466. The fourth-order valence-electron chi connectivity index (χ4n) is 1.82. The Bertz CT molecular complexity index is 506. The van der Waals surface area contributed by atoms with Gasteiger partial charge in [-0.2, -0.15) is 0 Å². The molecule has 1 atom stereocenters. The molecule has 1 rings (SSSR count). The van der Waals surface area contributed by atoms with Crippen LogP contribution in [0.5, 0.6) is 0 Å². The second-order valence-electron chi connectivity index (χ2n) is 4.81. The van der Waals surface area contributed by atoms with E-state index in [0.717, 1.165) is 16.0 Å². The van der Waals surface area contributed by atoms with Gasteiger partial charge in [0.25, 0.3) is 0 Å². The van der Waals surface area contributed by atoms with Gasteiger partial charge in [0.1, 0.15) is 0 Å². The minimum atomic E-state index is -3.23. The molecule has 0 aliphatic rings. The van der Waals surface area contributed by atoms with Crippen molar-refractivity contribution in [2.75, 3.05) is 28.3 Å². The molecule has 0 aliphatic carbocycles. The summed E-state index contributed by atoms with van der Waals surface area (Å²) in [5, 5.41) is 0.533. The summed E-state index contributed by atoms with van der Waals surface area (Å²) in [5.41, 5.74) is 2.04. The van der Waals surface area contributed by atoms with Crippen molar-refractivity contribution in [1.29, 1.82) is 0 Å². The van der Waals surface area contributed by atoms with Crippen LogP contribution in [0.4, 0.5) is 0 Å². The summed E-state index contributed by atoms with van der Waals surface area (Å²) in [6.07, 6.45) is 1.73. The molecule has 4 nitrogen and oxygen atoms in total. The number of hydrogen-bond donors (Lipinski definition) is 1. The third-order valence-electron chi connectivity index (χ3n) is 3.07. The molecule has 6 heteroatoms. The number of aryl methyl sites for hydroxylation is 1. The molecule has 0 aromatic heterocycles. The van der Waals surface area contributed by atoms with Crippen LogP contribution < -0.4 is 4.90 Å². The topological polar surface area (TPSA) is 40.0 Å². The van der Waals surface area contributed by atoms with Crippen LogP contribution in [0.25, 0.3) is 5.03 Å². The molecule has 0 spiro atoms. The Morgan fingerprint density at radius 3 is 2.15 bits per heavy atom. The van der Waals surface area contributed by atoms with Gasteiger partial charge in [0, 0.05) is 20.3 Å². The molecule has 0 unspecified atom stereocenters. The Hall–Kier alpha value is -0.640. The van der Waals surface area contributed by atoms with Gasteiger partial charge in [-0.1, -0.05) is 41.4 Å². The number of halogens is 1. The van der Waals surface area contributed by atoms with Crippen LogP contribution >= 0.6 is 19.2 Å². The van der Waals surface area contributed by atoms with Gasteiger partial charge in [0.15, 0.2) is 0 Å². The molecule has 1 N–H and O–H groups in total. The van der Waals surface area contributed by atoms with Gasteiger partial charge < -0.3 is 13.9 Å². The van der Waals surface area contributed by atoms with Crippen LogP contribution in [0.15, 0.2) is 30.3 Å². The molecule has 0 heterocycles. The first-order valence-electron chi connectivity index (χ1n) is 6.29. The highest BCUT2D eigenvalue weighted by Gasteiger charge is 2.38. The summed E-state index contributed by atoms with van der Waals surface area (Å²) < 4.78 is 22.7. The van der Waals surface area contributed by atoms with Gasteiger partial charge in [-0.25, -0.2) is 0 Å². The molecule has 0 aliphatic heterocycles. The zero-order valence-electron chi connectivity index (χ0n) is 12.5. The second-order valence-corrected chi connectivity index (χ2v) is 7.58. The third kappa shape index (κ3) is 4.18. The molecule has 1 aromatic rings. The van der Waals surface area contributed by atoms with E-state index in [4.69, 9.17) is 20.6 Å². The molecule has 112 valence electrons. The normalized spacial score (nSPS) is 14.7. The maximum Gasteiger partial charge on any atom is 0.391 e. The molecule has 0 saturated carbocycles. The fraction of sp³-hybridized carbons (Fsp3) is 0.429. The van der Waals surface area contributed by atoms with Crippen LogP contribution in [-0.4, -0.2) is 34.1 Å². The lowest BCUT2D eigenvalue weighted by atomic mass is 10.1. The van der Waals surface area contributed by atoms with E-state index in [1.165, 1.54) is 14.2 Å². The molecular weight excluding hydrogens is 297 g/mol. The zero-order valence-corrected chi connectivity index (χ0v) is 14.2. The van der Waals surface area contributed by atoms with Gasteiger partial charge in [0.05, 0.1) is 19.1 Å². The van der Waals surface area contributed by atoms with Crippen molar-refractivity contribution in [3.8, 4) is 0 Å². The van der Waals surface area contributed by atoms with Crippen LogP contribution in [0.2, 0.25) is 0 Å². The summed E-state index contributed by atoms with van der Waals surface area (Å²) >= 11 is 6.33. The highest BCUT2D eigenvalue weighted by Crippen LogP contribution is 2.50. The Balaban J connectivity index is 3.14. The average molecular weight is 319 g/mol. The molecule has 0 amide bonds. The molecule has 0 fully saturated rings. The van der Waals surface area contributed by atoms with Crippen molar-refractivity contribution in [3.05, 3.63) is 41.5 Å². The summed E-state index contributed by atoms with van der Waals surface area (Å²) in [5.74, 6) is -0.466. The monoisotopic (exact) mass is 318 g/mol. The Morgan fingerprint density at radius 2 is 1.75 bits per heavy atom. The number of likely N-dealkylation sites (N-methyl/N-ethyl adjacent to an activating group) is 1. The van der Waals surface area contributed by atoms with E-state index in [2.05, 4.69) is 0 Å². The van der Waals surface area contributed by atoms with Gasteiger partial charge in [-0.15, -0.1) is 0 Å². The van der Waals surface area contributed by atoms with Crippen molar-refractivity contribution in [2.24, 2.45) is 0 Å². The molecule has 20 heavy (non-hydrogen) atoms. The number of hydrogen-bond acceptors (Lipinski definition) is 3. The fourth-order valence-corrected chi connectivity index (χ4v) is 3.73. The molecular formula is C14H22ClNO3P+. The summed E-state index contributed by atoms with van der Waals surface area (Å²) in [4.78, 5) is 0.919. The molecule has 0 saturated heterocycles. The lowest BCUT2D eigenvalue weighted by molar-refractivity contribution is -0.865. The standard InChI is InChI=1S/C14H21ClNO3P/c1-11-6-8-12(9-7-11)13(15)10-14(16(2)3)20(17,18-4)19-5/h6-10,14H,1-5H3/p+1/b13-10-/t14-/m0/s1. The first-order chi connectivity index (χ1) is 9.34. The molecule has 1 aromatic carbocycles. The van der Waals surface area contributed by atoms with Crippen molar-refractivity contribution in [1.82, 2.24) is 0 Å². The average Bonchev–Trinajstić information content (AvgIpc) is 2.44. The Labute approximate surface area is 125 Å². The van der Waals surface area contributed by atoms with Gasteiger partial charge in [-0.05, 0) is 12.5 Å². The first kappa shape index (κ1) is 17.4. The largest absolute Gasteiger partial charge is 0.391 e.